The first-order chi connectivity index (χ1) is 13.0. The first-order valence-corrected chi connectivity index (χ1v) is 9.49. The largest absolute Gasteiger partial charge is 0.379 e. The zero-order valence-corrected chi connectivity index (χ0v) is 15.4. The summed E-state index contributed by atoms with van der Waals surface area (Å²) in [6.45, 7) is 0.667. The second-order valence-corrected chi connectivity index (χ2v) is 7.64. The molecule has 1 unspecified atom stereocenters. The fourth-order valence-corrected chi connectivity index (χ4v) is 4.28. The average molecular weight is 396 g/mol. The van der Waals surface area contributed by atoms with Crippen LogP contribution in [0.1, 0.15) is 38.5 Å². The summed E-state index contributed by atoms with van der Waals surface area (Å²) in [5.74, 6) is -1.61. The van der Waals surface area contributed by atoms with Gasteiger partial charge >= 0.3 is 0 Å². The maximum atomic E-state index is 14.0. The van der Waals surface area contributed by atoms with Crippen LogP contribution in [0.4, 0.5) is 14.5 Å². The quantitative estimate of drug-likeness (QED) is 0.851. The lowest BCUT2D eigenvalue weighted by Crippen LogP contribution is -2.42. The minimum absolute atomic E-state index is 0.0674. The van der Waals surface area contributed by atoms with E-state index in [9.17, 15) is 13.6 Å². The summed E-state index contributed by atoms with van der Waals surface area (Å²) in [6.07, 6.45) is 7.55. The van der Waals surface area contributed by atoms with Crippen molar-refractivity contribution < 1.29 is 13.5 Å². The summed E-state index contributed by atoms with van der Waals surface area (Å²) < 4.78 is 33.9. The molecule has 1 aromatic heterocycles. The summed E-state index contributed by atoms with van der Waals surface area (Å²) in [4.78, 5) is 12.6. The average Bonchev–Trinajstić information content (AvgIpc) is 3.08. The van der Waals surface area contributed by atoms with Gasteiger partial charge in [0.2, 0.25) is 0 Å². The van der Waals surface area contributed by atoms with Crippen LogP contribution in [0, 0.1) is 11.6 Å². The molecule has 0 bridgehead atoms. The fraction of sp³-hybridized carbons (Fsp3) is 0.474. The van der Waals surface area contributed by atoms with Crippen molar-refractivity contribution in [3.8, 4) is 5.69 Å². The lowest BCUT2D eigenvalue weighted by Gasteiger charge is -2.39. The summed E-state index contributed by atoms with van der Waals surface area (Å²) in [6, 6.07) is 3.06. The van der Waals surface area contributed by atoms with Crippen LogP contribution in [0.15, 0.2) is 29.2 Å². The number of hydrogen-bond donors (Lipinski definition) is 1. The number of hydrogen-bond acceptors (Lipinski definition) is 4. The summed E-state index contributed by atoms with van der Waals surface area (Å²) in [5.41, 5.74) is -0.455. The summed E-state index contributed by atoms with van der Waals surface area (Å²) in [5, 5.41) is 7.25. The van der Waals surface area contributed by atoms with Gasteiger partial charge in [-0.2, -0.15) is 9.78 Å². The Morgan fingerprint density at radius 1 is 1.30 bits per heavy atom. The number of rotatable bonds is 3. The Morgan fingerprint density at radius 3 is 2.81 bits per heavy atom. The van der Waals surface area contributed by atoms with E-state index in [0.717, 1.165) is 42.5 Å². The van der Waals surface area contributed by atoms with Gasteiger partial charge < -0.3 is 10.1 Å². The van der Waals surface area contributed by atoms with E-state index >= 15 is 0 Å². The van der Waals surface area contributed by atoms with Gasteiger partial charge in [0.05, 0.1) is 17.5 Å². The van der Waals surface area contributed by atoms with Crippen LogP contribution in [-0.4, -0.2) is 28.0 Å². The molecule has 1 aromatic carbocycles. The van der Waals surface area contributed by atoms with E-state index in [1.807, 2.05) is 0 Å². The van der Waals surface area contributed by atoms with Crippen molar-refractivity contribution in [2.45, 2.75) is 50.2 Å². The van der Waals surface area contributed by atoms with Gasteiger partial charge in [-0.3, -0.25) is 4.79 Å². The number of nitrogens with one attached hydrogen (secondary N) is 1. The second-order valence-electron chi connectivity index (χ2n) is 7.26. The van der Waals surface area contributed by atoms with Crippen molar-refractivity contribution in [1.29, 1.82) is 0 Å². The van der Waals surface area contributed by atoms with Crippen LogP contribution in [0.2, 0.25) is 5.02 Å². The molecule has 1 N–H and O–H groups in total. The molecule has 4 rings (SSSR count). The van der Waals surface area contributed by atoms with E-state index in [2.05, 4.69) is 10.4 Å². The van der Waals surface area contributed by atoms with Gasteiger partial charge in [0, 0.05) is 18.7 Å². The molecule has 2 aromatic rings. The zero-order valence-electron chi connectivity index (χ0n) is 14.7. The topological polar surface area (TPSA) is 56.1 Å². The molecule has 8 heteroatoms. The van der Waals surface area contributed by atoms with Crippen LogP contribution in [0.5, 0.6) is 0 Å². The highest BCUT2D eigenvalue weighted by Crippen LogP contribution is 2.40. The monoisotopic (exact) mass is 395 g/mol. The lowest BCUT2D eigenvalue weighted by molar-refractivity contribution is -0.0767. The Morgan fingerprint density at radius 2 is 2.07 bits per heavy atom. The number of ether oxygens (including phenoxy) is 1. The predicted octanol–water partition coefficient (Wildman–Crippen LogP) is 4.07. The Kier molecular flexibility index (Phi) is 4.90. The Balaban J connectivity index is 1.58. The number of nitrogens with zero attached hydrogens (tertiary/aromatic N) is 2. The van der Waals surface area contributed by atoms with E-state index in [1.54, 1.807) is 0 Å². The maximum absolute atomic E-state index is 14.0. The highest BCUT2D eigenvalue weighted by Gasteiger charge is 2.40. The molecule has 0 amide bonds. The molecule has 1 atom stereocenters. The number of aromatic nitrogens is 2. The van der Waals surface area contributed by atoms with Crippen molar-refractivity contribution in [3.05, 3.63) is 51.4 Å². The molecule has 1 saturated carbocycles. The molecule has 1 aliphatic carbocycles. The third kappa shape index (κ3) is 3.58. The SMILES string of the molecule is O=c1c(Cl)c(NC2CCOC3(CCCC3)C2)cnn1-c1ccc(F)cc1F. The van der Waals surface area contributed by atoms with E-state index in [1.165, 1.54) is 19.0 Å². The number of benzene rings is 1. The van der Waals surface area contributed by atoms with E-state index in [0.29, 0.717) is 18.4 Å². The molecule has 2 aliphatic rings. The van der Waals surface area contributed by atoms with Gasteiger partial charge in [0.15, 0.2) is 5.82 Å². The lowest BCUT2D eigenvalue weighted by atomic mass is 9.89. The van der Waals surface area contributed by atoms with Crippen LogP contribution in [0.3, 0.4) is 0 Å². The molecule has 144 valence electrons. The van der Waals surface area contributed by atoms with Gasteiger partial charge in [-0.1, -0.05) is 24.4 Å². The van der Waals surface area contributed by atoms with Crippen molar-refractivity contribution in [2.75, 3.05) is 11.9 Å². The maximum Gasteiger partial charge on any atom is 0.292 e. The van der Waals surface area contributed by atoms with E-state index < -0.39 is 17.2 Å². The van der Waals surface area contributed by atoms with E-state index in [-0.39, 0.29) is 22.4 Å². The normalized spacial score (nSPS) is 21.5. The molecule has 5 nitrogen and oxygen atoms in total. The molecule has 27 heavy (non-hydrogen) atoms. The smallest absolute Gasteiger partial charge is 0.292 e. The minimum atomic E-state index is -0.881. The second kappa shape index (κ2) is 7.20. The van der Waals surface area contributed by atoms with Crippen LogP contribution >= 0.6 is 11.6 Å². The van der Waals surface area contributed by atoms with Gasteiger partial charge in [0.1, 0.15) is 16.5 Å². The van der Waals surface area contributed by atoms with Crippen LogP contribution < -0.4 is 10.9 Å². The van der Waals surface area contributed by atoms with Crippen molar-refractivity contribution in [3.63, 3.8) is 0 Å². The zero-order chi connectivity index (χ0) is 19.0. The van der Waals surface area contributed by atoms with Crippen molar-refractivity contribution >= 4 is 17.3 Å². The molecule has 1 spiro atoms. The molecular formula is C19H20ClF2N3O2. The van der Waals surface area contributed by atoms with Gasteiger partial charge in [-0.25, -0.2) is 8.78 Å². The molecule has 2 fully saturated rings. The van der Waals surface area contributed by atoms with Crippen molar-refractivity contribution in [2.24, 2.45) is 0 Å². The molecule has 1 aliphatic heterocycles. The van der Waals surface area contributed by atoms with Crippen molar-refractivity contribution in [1.82, 2.24) is 9.78 Å². The molecule has 1 saturated heterocycles. The van der Waals surface area contributed by atoms with Crippen LogP contribution in [0.25, 0.3) is 5.69 Å². The predicted molar refractivity (Wildman–Crippen MR) is 98.6 cm³/mol. The standard InChI is InChI=1S/C19H20ClF2N3O2/c20-17-15(24-13-5-8-27-19(10-13)6-1-2-7-19)11-23-25(18(17)26)16-4-3-12(21)9-14(16)22/h3-4,9,11,13,24H,1-2,5-8,10H2. The summed E-state index contributed by atoms with van der Waals surface area (Å²) in [7, 11) is 0. The number of halogens is 3. The Labute approximate surface area is 160 Å². The van der Waals surface area contributed by atoms with Crippen LogP contribution in [-0.2, 0) is 4.74 Å². The Bertz CT molecular complexity index is 912. The van der Waals surface area contributed by atoms with Gasteiger partial charge in [-0.15, -0.1) is 0 Å². The number of anilines is 1. The highest BCUT2D eigenvalue weighted by molar-refractivity contribution is 6.33. The first kappa shape index (κ1) is 18.4. The highest BCUT2D eigenvalue weighted by atomic mass is 35.5. The third-order valence-electron chi connectivity index (χ3n) is 5.42. The molecule has 0 radical (unpaired) electrons. The Hall–Kier alpha value is -1.99. The van der Waals surface area contributed by atoms with E-state index in [4.69, 9.17) is 16.3 Å². The fourth-order valence-electron chi connectivity index (χ4n) is 4.10. The summed E-state index contributed by atoms with van der Waals surface area (Å²) >= 11 is 6.24. The molecule has 2 heterocycles. The minimum Gasteiger partial charge on any atom is -0.379 e. The van der Waals surface area contributed by atoms with Gasteiger partial charge in [0.25, 0.3) is 5.56 Å². The first-order valence-electron chi connectivity index (χ1n) is 9.11. The molecular weight excluding hydrogens is 376 g/mol. The van der Waals surface area contributed by atoms with Gasteiger partial charge in [-0.05, 0) is 37.8 Å². The third-order valence-corrected chi connectivity index (χ3v) is 5.79.